The Labute approximate surface area is 862 Å². The molecule has 6 heteroatoms. The van der Waals surface area contributed by atoms with Gasteiger partial charge in [-0.1, -0.05) is 399 Å². The number of nitrogens with zero attached hydrogens (tertiary/aromatic N) is 3. The number of hydrogen-bond donors (Lipinski definition) is 0. The van der Waals surface area contributed by atoms with Gasteiger partial charge in [-0.3, -0.25) is 0 Å². The first kappa shape index (κ1) is 87.3. The lowest BCUT2D eigenvalue weighted by atomic mass is 9.82. The second kappa shape index (κ2) is 34.4. The van der Waals surface area contributed by atoms with Crippen LogP contribution in [0.25, 0.3) is 194 Å². The third-order valence-electron chi connectivity index (χ3n) is 31.9. The molecule has 0 spiro atoms. The molecule has 3 aliphatic carbocycles. The molecule has 3 heterocycles. The molecule has 696 valence electrons. The number of rotatable bonds is 12. The highest BCUT2D eigenvalue weighted by Crippen LogP contribution is 2.59. The van der Waals surface area contributed by atoms with Crippen molar-refractivity contribution in [1.82, 2.24) is 0 Å². The summed E-state index contributed by atoms with van der Waals surface area (Å²) >= 11 is 3.73. The number of thiophene rings is 2. The van der Waals surface area contributed by atoms with Crippen molar-refractivity contribution < 1.29 is 4.42 Å². The first-order chi connectivity index (χ1) is 72.1. The maximum atomic E-state index is 6.41. The van der Waals surface area contributed by atoms with Crippen LogP contribution in [-0.4, -0.2) is 0 Å². The van der Waals surface area contributed by atoms with E-state index in [4.69, 9.17) is 4.42 Å². The molecule has 0 fully saturated rings. The molecule has 0 unspecified atom stereocenters. The number of para-hydroxylation sites is 2. The predicted octanol–water partition coefficient (Wildman–Crippen LogP) is 40.9. The Morgan fingerprint density at radius 3 is 0.980 bits per heavy atom. The Morgan fingerprint density at radius 1 is 0.177 bits per heavy atom. The molecule has 0 aliphatic heterocycles. The molecule has 0 N–H and O–H groups in total. The van der Waals surface area contributed by atoms with Gasteiger partial charge >= 0.3 is 0 Å². The summed E-state index contributed by atoms with van der Waals surface area (Å²) in [5, 5.41) is 22.9. The molecular weight excluding hydrogens is 1820 g/mol. The Balaban J connectivity index is 0.000000107. The van der Waals surface area contributed by atoms with Crippen LogP contribution in [-0.2, 0) is 16.2 Å². The lowest BCUT2D eigenvalue weighted by Crippen LogP contribution is -2.14. The molecular formula is C141H99N3OS2. The molecule has 27 aromatic rings. The molecule has 0 saturated heterocycles. The van der Waals surface area contributed by atoms with Crippen molar-refractivity contribution in [3.63, 3.8) is 0 Å². The molecule has 0 saturated carbocycles. The highest BCUT2D eigenvalue weighted by molar-refractivity contribution is 7.26. The minimum Gasteiger partial charge on any atom is -0.456 e. The first-order valence-electron chi connectivity index (χ1n) is 51.0. The fourth-order valence-electron chi connectivity index (χ4n) is 24.7. The SMILES string of the molecule is CC1(C)c2ccccc2-c2c1ccc1ccc3ccc(N(c4ccc5sc6ccccc6c5c4)c4ccccc4-c4ccccc4)cc3c21.CC1(C)c2ccccc2-c2c1ccc1ccc3ccc(N(c4cccc(-c5ccccc5)c4)c4ccc5c(c4)oc4ccccc45)cc3c21.CC1(C)c2ccccc2-c2c1ccc1ccc3ccc(N(c4cccc(-c5ccccc5)c4)c4ccc5c(c4)sc4ccccc45)cc3c21. The summed E-state index contributed by atoms with van der Waals surface area (Å²) in [6.45, 7) is 14.2. The fourth-order valence-corrected chi connectivity index (χ4v) is 26.9. The van der Waals surface area contributed by atoms with E-state index in [1.165, 1.54) is 205 Å². The molecule has 147 heavy (non-hydrogen) atoms. The van der Waals surface area contributed by atoms with Gasteiger partial charge in [0.15, 0.2) is 0 Å². The summed E-state index contributed by atoms with van der Waals surface area (Å²) in [5.74, 6) is 0. The van der Waals surface area contributed by atoms with Crippen LogP contribution in [0, 0.1) is 0 Å². The largest absolute Gasteiger partial charge is 0.456 e. The quantitative estimate of drug-likeness (QED) is 0.114. The monoisotopic (exact) mass is 1910 g/mol. The molecule has 0 bridgehead atoms. The third kappa shape index (κ3) is 14.3. The molecule has 0 radical (unpaired) electrons. The van der Waals surface area contributed by atoms with Gasteiger partial charge in [-0.05, 0) is 287 Å². The molecule has 3 aliphatic rings. The summed E-state index contributed by atoms with van der Waals surface area (Å²) in [5.41, 5.74) is 35.5. The van der Waals surface area contributed by atoms with Crippen LogP contribution in [0.3, 0.4) is 0 Å². The van der Waals surface area contributed by atoms with E-state index in [9.17, 15) is 0 Å². The van der Waals surface area contributed by atoms with E-state index >= 15 is 0 Å². The number of anilines is 9. The molecule has 24 aromatic carbocycles. The average molecular weight is 1920 g/mol. The summed E-state index contributed by atoms with van der Waals surface area (Å²) in [4.78, 5) is 7.28. The molecule has 4 nitrogen and oxygen atoms in total. The van der Waals surface area contributed by atoms with Gasteiger partial charge in [0.1, 0.15) is 11.2 Å². The molecule has 3 aromatic heterocycles. The van der Waals surface area contributed by atoms with E-state index in [1.54, 1.807) is 0 Å². The summed E-state index contributed by atoms with van der Waals surface area (Å²) < 4.78 is 11.7. The number of benzene rings is 24. The van der Waals surface area contributed by atoms with Gasteiger partial charge in [-0.15, -0.1) is 22.7 Å². The van der Waals surface area contributed by atoms with Crippen molar-refractivity contribution in [2.75, 3.05) is 14.7 Å². The lowest BCUT2D eigenvalue weighted by Gasteiger charge is -2.28. The average Bonchev–Trinajstić information content (AvgIpc) is 1.57. The second-order valence-corrected chi connectivity index (χ2v) is 43.4. The Hall–Kier alpha value is -17.5. The topological polar surface area (TPSA) is 22.9 Å². The maximum absolute atomic E-state index is 6.41. The van der Waals surface area contributed by atoms with Gasteiger partial charge in [-0.2, -0.15) is 0 Å². The van der Waals surface area contributed by atoms with E-state index in [0.717, 1.165) is 73.1 Å². The minimum atomic E-state index is -0.0637. The van der Waals surface area contributed by atoms with Crippen molar-refractivity contribution in [3.05, 3.63) is 525 Å². The highest BCUT2D eigenvalue weighted by atomic mass is 32.1. The first-order valence-corrected chi connectivity index (χ1v) is 52.7. The Kier molecular flexibility index (Phi) is 20.4. The van der Waals surface area contributed by atoms with Crippen molar-refractivity contribution >= 4 is 201 Å². The van der Waals surface area contributed by atoms with Crippen LogP contribution < -0.4 is 14.7 Å². The maximum Gasteiger partial charge on any atom is 0.137 e. The zero-order valence-corrected chi connectivity index (χ0v) is 84.0. The highest BCUT2D eigenvalue weighted by Gasteiger charge is 2.41. The number of fused-ring (bicyclic) bond motifs is 30. The summed E-state index contributed by atoms with van der Waals surface area (Å²) in [6.07, 6.45) is 0. The molecule has 30 rings (SSSR count). The lowest BCUT2D eigenvalue weighted by molar-refractivity contribution is 0.660. The summed E-state index contributed by atoms with van der Waals surface area (Å²) in [7, 11) is 0. The van der Waals surface area contributed by atoms with Gasteiger partial charge in [0.2, 0.25) is 0 Å². The molecule has 0 amide bonds. The third-order valence-corrected chi connectivity index (χ3v) is 34.2. The number of hydrogen-bond acceptors (Lipinski definition) is 6. The predicted molar refractivity (Wildman–Crippen MR) is 630 cm³/mol. The van der Waals surface area contributed by atoms with E-state index in [2.05, 4.69) is 535 Å². The van der Waals surface area contributed by atoms with Crippen molar-refractivity contribution in [1.29, 1.82) is 0 Å². The zero-order chi connectivity index (χ0) is 98.1. The second-order valence-electron chi connectivity index (χ2n) is 41.2. The minimum absolute atomic E-state index is 0.0521. The van der Waals surface area contributed by atoms with Crippen molar-refractivity contribution in [2.45, 2.75) is 57.8 Å². The van der Waals surface area contributed by atoms with Crippen LogP contribution in [0.4, 0.5) is 51.2 Å². The molecule has 0 atom stereocenters. The smallest absolute Gasteiger partial charge is 0.137 e. The van der Waals surface area contributed by atoms with Gasteiger partial charge in [0.25, 0.3) is 0 Å². The van der Waals surface area contributed by atoms with Crippen LogP contribution in [0.2, 0.25) is 0 Å². The van der Waals surface area contributed by atoms with Gasteiger partial charge < -0.3 is 19.1 Å². The van der Waals surface area contributed by atoms with Crippen LogP contribution in [0.5, 0.6) is 0 Å². The van der Waals surface area contributed by atoms with Crippen molar-refractivity contribution in [3.8, 4) is 66.8 Å². The van der Waals surface area contributed by atoms with E-state index in [1.807, 2.05) is 34.8 Å². The zero-order valence-electron chi connectivity index (χ0n) is 82.3. The van der Waals surface area contributed by atoms with E-state index in [-0.39, 0.29) is 16.2 Å². The fraction of sp³-hybridized carbons (Fsp3) is 0.0638. The number of furan rings is 1. The normalized spacial score (nSPS) is 13.3. The standard InChI is InChI=1S/C47H33NO.2C47H33NS/c1-47(2)41-17-8-6-16-39(41)46-42(47)26-22-32-20-19-31-21-23-35(28-40(31)45(32)46)48(34-14-10-13-33(27-34)30-11-4-3-5-12-30)36-24-25-38-37-15-7-9-18-43(37)49-44(38)29-36;1-47(2)40-17-9-6-16-37(40)46-41(47)26-23-32-21-20-31-22-24-33(28-38(31)45(32)46)48(42-18-10-7-14-35(42)30-12-4-3-5-13-30)34-25-27-44-39(29-34)36-15-8-11-19-43(36)49-44;1-47(2)41-17-8-6-16-39(41)46-42(47)26-22-32-20-19-31-21-23-35(28-40(31)45(32)46)48(34-14-10-13-33(27-34)30-11-4-3-5-12-30)36-24-25-38-37-15-7-9-18-43(37)49-44(38)29-36/h3*3-29H,1-2H3. The Morgan fingerprint density at radius 2 is 0.490 bits per heavy atom. The van der Waals surface area contributed by atoms with Crippen LogP contribution in [0.15, 0.2) is 496 Å². The van der Waals surface area contributed by atoms with Crippen LogP contribution >= 0.6 is 22.7 Å². The van der Waals surface area contributed by atoms with E-state index < -0.39 is 0 Å². The van der Waals surface area contributed by atoms with Gasteiger partial charge in [-0.25, -0.2) is 0 Å². The van der Waals surface area contributed by atoms with Gasteiger partial charge in [0.05, 0.1) is 5.69 Å². The van der Waals surface area contributed by atoms with Crippen molar-refractivity contribution in [2.24, 2.45) is 0 Å². The Bertz CT molecular complexity index is 9700. The van der Waals surface area contributed by atoms with Gasteiger partial charge in [0, 0.05) is 124 Å². The van der Waals surface area contributed by atoms with E-state index in [0.29, 0.717) is 0 Å². The summed E-state index contributed by atoms with van der Waals surface area (Å²) in [6, 6.07) is 181. The van der Waals surface area contributed by atoms with Crippen LogP contribution in [0.1, 0.15) is 74.9 Å².